The van der Waals surface area contributed by atoms with Gasteiger partial charge in [0, 0.05) is 12.2 Å². The van der Waals surface area contributed by atoms with Gasteiger partial charge >= 0.3 is 0 Å². The van der Waals surface area contributed by atoms with Gasteiger partial charge in [0.15, 0.2) is 11.5 Å². The Morgan fingerprint density at radius 1 is 1.00 bits per heavy atom. The Morgan fingerprint density at radius 3 is 2.29 bits per heavy atom. The van der Waals surface area contributed by atoms with E-state index in [-0.39, 0.29) is 12.5 Å². The Bertz CT molecular complexity index is 694. The summed E-state index contributed by atoms with van der Waals surface area (Å²) in [5.41, 5.74) is 4.22. The van der Waals surface area contributed by atoms with Gasteiger partial charge in [-0.15, -0.1) is 0 Å². The quantitative estimate of drug-likeness (QED) is 0.820. The van der Waals surface area contributed by atoms with Crippen molar-refractivity contribution in [1.29, 1.82) is 0 Å². The minimum atomic E-state index is -0.0626. The summed E-state index contributed by atoms with van der Waals surface area (Å²) in [6.07, 6.45) is 0. The summed E-state index contributed by atoms with van der Waals surface area (Å²) in [7, 11) is 3.19. The van der Waals surface area contributed by atoms with Crippen molar-refractivity contribution in [2.24, 2.45) is 0 Å². The summed E-state index contributed by atoms with van der Waals surface area (Å²) in [6.45, 7) is 4.72. The van der Waals surface area contributed by atoms with Crippen LogP contribution in [0.25, 0.3) is 0 Å². The van der Waals surface area contributed by atoms with Crippen LogP contribution in [-0.4, -0.2) is 26.7 Å². The van der Waals surface area contributed by atoms with Crippen LogP contribution in [0.2, 0.25) is 0 Å². The molecule has 0 aliphatic rings. The van der Waals surface area contributed by atoms with E-state index in [1.165, 1.54) is 0 Å². The molecule has 0 saturated carbocycles. The Labute approximate surface area is 143 Å². The van der Waals surface area contributed by atoms with Crippen molar-refractivity contribution in [3.05, 3.63) is 53.1 Å². The molecular weight excluding hydrogens is 304 g/mol. The van der Waals surface area contributed by atoms with Gasteiger partial charge < -0.3 is 20.1 Å². The van der Waals surface area contributed by atoms with Gasteiger partial charge in [0.05, 0.1) is 20.8 Å². The van der Waals surface area contributed by atoms with Crippen molar-refractivity contribution < 1.29 is 14.3 Å². The van der Waals surface area contributed by atoms with Crippen LogP contribution in [0, 0.1) is 13.8 Å². The molecule has 0 heterocycles. The lowest BCUT2D eigenvalue weighted by molar-refractivity contribution is -0.119. The minimum absolute atomic E-state index is 0.0626. The molecule has 0 spiro atoms. The largest absolute Gasteiger partial charge is 0.493 e. The van der Waals surface area contributed by atoms with E-state index in [4.69, 9.17) is 9.47 Å². The molecule has 5 nitrogen and oxygen atoms in total. The van der Waals surface area contributed by atoms with E-state index in [2.05, 4.69) is 10.6 Å². The first-order chi connectivity index (χ1) is 11.5. The van der Waals surface area contributed by atoms with E-state index >= 15 is 0 Å². The van der Waals surface area contributed by atoms with E-state index in [0.717, 1.165) is 22.4 Å². The lowest BCUT2D eigenvalue weighted by Crippen LogP contribution is -2.29. The van der Waals surface area contributed by atoms with Crippen molar-refractivity contribution in [1.82, 2.24) is 5.32 Å². The zero-order valence-corrected chi connectivity index (χ0v) is 14.6. The number of carbonyl (C=O) groups excluding carboxylic acids is 1. The summed E-state index contributed by atoms with van der Waals surface area (Å²) < 4.78 is 10.5. The number of hydrogen-bond donors (Lipinski definition) is 2. The van der Waals surface area contributed by atoms with Gasteiger partial charge in [-0.05, 0) is 42.7 Å². The summed E-state index contributed by atoms with van der Waals surface area (Å²) in [4.78, 5) is 12.1. The molecule has 0 bridgehead atoms. The molecule has 0 radical (unpaired) electrons. The van der Waals surface area contributed by atoms with Gasteiger partial charge in [-0.1, -0.05) is 24.3 Å². The van der Waals surface area contributed by atoms with Gasteiger partial charge in [0.2, 0.25) is 5.91 Å². The highest BCUT2D eigenvalue weighted by Crippen LogP contribution is 2.27. The molecule has 5 heteroatoms. The van der Waals surface area contributed by atoms with Crippen LogP contribution in [0.4, 0.5) is 5.69 Å². The lowest BCUT2D eigenvalue weighted by Gasteiger charge is -2.13. The van der Waals surface area contributed by atoms with Gasteiger partial charge in [0.1, 0.15) is 0 Å². The number of carbonyl (C=O) groups is 1. The van der Waals surface area contributed by atoms with Crippen LogP contribution in [0.5, 0.6) is 11.5 Å². The third kappa shape index (κ3) is 4.41. The van der Waals surface area contributed by atoms with Crippen molar-refractivity contribution >= 4 is 11.6 Å². The van der Waals surface area contributed by atoms with Crippen LogP contribution in [0.15, 0.2) is 36.4 Å². The normalized spacial score (nSPS) is 10.2. The first-order valence-corrected chi connectivity index (χ1v) is 7.83. The molecule has 0 atom stereocenters. The highest BCUT2D eigenvalue weighted by Gasteiger charge is 2.07. The minimum Gasteiger partial charge on any atom is -0.493 e. The smallest absolute Gasteiger partial charge is 0.239 e. The molecule has 0 aromatic heterocycles. The van der Waals surface area contributed by atoms with Gasteiger partial charge in [-0.3, -0.25) is 4.79 Å². The summed E-state index contributed by atoms with van der Waals surface area (Å²) in [5.74, 6) is 1.26. The van der Waals surface area contributed by atoms with E-state index in [1.54, 1.807) is 14.2 Å². The molecule has 24 heavy (non-hydrogen) atoms. The number of nitrogens with one attached hydrogen (secondary N) is 2. The molecule has 0 saturated heterocycles. The topological polar surface area (TPSA) is 59.6 Å². The zero-order valence-electron chi connectivity index (χ0n) is 14.6. The van der Waals surface area contributed by atoms with Crippen molar-refractivity contribution in [2.75, 3.05) is 26.1 Å². The maximum Gasteiger partial charge on any atom is 0.239 e. The van der Waals surface area contributed by atoms with Crippen LogP contribution >= 0.6 is 0 Å². The predicted molar refractivity (Wildman–Crippen MR) is 95.8 cm³/mol. The molecule has 2 N–H and O–H groups in total. The van der Waals surface area contributed by atoms with E-state index in [9.17, 15) is 4.79 Å². The van der Waals surface area contributed by atoms with E-state index in [1.807, 2.05) is 50.2 Å². The molecule has 0 fully saturated rings. The van der Waals surface area contributed by atoms with Crippen LogP contribution < -0.4 is 20.1 Å². The lowest BCUT2D eigenvalue weighted by atomic mass is 10.1. The van der Waals surface area contributed by atoms with Gasteiger partial charge in [-0.2, -0.15) is 0 Å². The number of amides is 1. The van der Waals surface area contributed by atoms with Crippen molar-refractivity contribution in [2.45, 2.75) is 20.4 Å². The maximum atomic E-state index is 12.1. The van der Waals surface area contributed by atoms with Crippen LogP contribution in [-0.2, 0) is 11.3 Å². The standard InChI is InChI=1S/C19H24N2O3/c1-13-6-5-7-14(2)19(13)21-12-18(22)20-11-15-8-9-16(23-3)17(10-15)24-4/h5-10,21H,11-12H2,1-4H3,(H,20,22). The van der Waals surface area contributed by atoms with Crippen LogP contribution in [0.1, 0.15) is 16.7 Å². The number of anilines is 1. The highest BCUT2D eigenvalue weighted by molar-refractivity contribution is 5.81. The molecule has 128 valence electrons. The molecule has 1 amide bonds. The SMILES string of the molecule is COc1ccc(CNC(=O)CNc2c(C)cccc2C)cc1OC. The number of methoxy groups -OCH3 is 2. The first-order valence-electron chi connectivity index (χ1n) is 7.83. The fourth-order valence-corrected chi connectivity index (χ4v) is 2.52. The van der Waals surface area contributed by atoms with E-state index in [0.29, 0.717) is 18.0 Å². The Morgan fingerprint density at radius 2 is 1.67 bits per heavy atom. The summed E-state index contributed by atoms with van der Waals surface area (Å²) in [6, 6.07) is 11.6. The zero-order chi connectivity index (χ0) is 17.5. The second kappa shape index (κ2) is 8.24. The van der Waals surface area contributed by atoms with Crippen molar-refractivity contribution in [3.63, 3.8) is 0 Å². The summed E-state index contributed by atoms with van der Waals surface area (Å²) in [5, 5.41) is 6.10. The number of rotatable bonds is 7. The first kappa shape index (κ1) is 17.7. The van der Waals surface area contributed by atoms with Gasteiger partial charge in [-0.25, -0.2) is 0 Å². The van der Waals surface area contributed by atoms with Crippen molar-refractivity contribution in [3.8, 4) is 11.5 Å². The molecule has 2 aromatic carbocycles. The Kier molecular flexibility index (Phi) is 6.07. The van der Waals surface area contributed by atoms with Crippen LogP contribution in [0.3, 0.4) is 0 Å². The van der Waals surface area contributed by atoms with Gasteiger partial charge in [0.25, 0.3) is 0 Å². The number of ether oxygens (including phenoxy) is 2. The fraction of sp³-hybridized carbons (Fsp3) is 0.316. The molecule has 0 aliphatic carbocycles. The molecule has 0 aliphatic heterocycles. The fourth-order valence-electron chi connectivity index (χ4n) is 2.52. The number of aryl methyl sites for hydroxylation is 2. The number of benzene rings is 2. The average Bonchev–Trinajstić information content (AvgIpc) is 2.59. The predicted octanol–water partition coefficient (Wildman–Crippen LogP) is 3.05. The molecular formula is C19H24N2O3. The Hall–Kier alpha value is -2.69. The third-order valence-electron chi connectivity index (χ3n) is 3.84. The average molecular weight is 328 g/mol. The maximum absolute atomic E-state index is 12.1. The molecule has 2 aromatic rings. The second-order valence-corrected chi connectivity index (χ2v) is 5.59. The second-order valence-electron chi connectivity index (χ2n) is 5.59. The van der Waals surface area contributed by atoms with E-state index < -0.39 is 0 Å². The molecule has 0 unspecified atom stereocenters. The monoisotopic (exact) mass is 328 g/mol. The highest BCUT2D eigenvalue weighted by atomic mass is 16.5. The summed E-state index contributed by atoms with van der Waals surface area (Å²) >= 11 is 0. The molecule has 2 rings (SSSR count). The number of hydrogen-bond acceptors (Lipinski definition) is 4. The Balaban J connectivity index is 1.89. The number of para-hydroxylation sites is 1. The third-order valence-corrected chi connectivity index (χ3v) is 3.84.